The third-order valence-electron chi connectivity index (χ3n) is 14.0. The molecule has 0 aliphatic carbocycles. The van der Waals surface area contributed by atoms with Crippen LogP contribution in [0.4, 0.5) is 0 Å². The molecule has 0 aromatic carbocycles. The van der Waals surface area contributed by atoms with Crippen molar-refractivity contribution in [3.63, 3.8) is 0 Å². The largest absolute Gasteiger partial charge is 0.394 e. The summed E-state index contributed by atoms with van der Waals surface area (Å²) in [5.74, 6) is -0.0563. The lowest BCUT2D eigenvalue weighted by molar-refractivity contribution is -0.123. The molecule has 0 fully saturated rings. The number of nitrogens with one attached hydrogen (secondary N) is 1. The molecule has 0 saturated heterocycles. The van der Waals surface area contributed by atoms with Gasteiger partial charge in [0.1, 0.15) is 0 Å². The van der Waals surface area contributed by atoms with Crippen LogP contribution in [0, 0.1) is 0 Å². The zero-order valence-corrected chi connectivity index (χ0v) is 43.4. The van der Waals surface area contributed by atoms with Crippen molar-refractivity contribution >= 4 is 5.91 Å². The van der Waals surface area contributed by atoms with Crippen molar-refractivity contribution in [2.45, 2.75) is 353 Å². The van der Waals surface area contributed by atoms with Gasteiger partial charge in [0.05, 0.1) is 18.8 Å². The van der Waals surface area contributed by atoms with Gasteiger partial charge in [0, 0.05) is 6.42 Å². The van der Waals surface area contributed by atoms with Gasteiger partial charge in [-0.25, -0.2) is 0 Å². The lowest BCUT2D eigenvalue weighted by Crippen LogP contribution is -2.45. The number of unbranched alkanes of at least 4 members (excludes halogenated alkanes) is 48. The monoisotopic (exact) mass is 888 g/mol. The topological polar surface area (TPSA) is 69.6 Å². The van der Waals surface area contributed by atoms with Crippen LogP contribution < -0.4 is 5.32 Å². The molecule has 0 spiro atoms. The van der Waals surface area contributed by atoms with Crippen LogP contribution in [-0.2, 0) is 4.79 Å². The molecule has 2 unspecified atom stereocenters. The first-order valence-electron chi connectivity index (χ1n) is 29.4. The summed E-state index contributed by atoms with van der Waals surface area (Å²) in [4.78, 5) is 12.5. The van der Waals surface area contributed by atoms with E-state index in [4.69, 9.17) is 0 Å². The molecule has 0 heterocycles. The van der Waals surface area contributed by atoms with Crippen molar-refractivity contribution < 1.29 is 15.0 Å². The summed E-state index contributed by atoms with van der Waals surface area (Å²) in [5.41, 5.74) is 0. The highest BCUT2D eigenvalue weighted by Gasteiger charge is 2.18. The maximum atomic E-state index is 12.5. The van der Waals surface area contributed by atoms with Gasteiger partial charge in [-0.1, -0.05) is 328 Å². The van der Waals surface area contributed by atoms with E-state index in [1.165, 1.54) is 295 Å². The van der Waals surface area contributed by atoms with Crippen molar-refractivity contribution in [3.8, 4) is 0 Å². The van der Waals surface area contributed by atoms with Crippen LogP contribution in [0.5, 0.6) is 0 Å². The number of rotatable bonds is 55. The summed E-state index contributed by atoms with van der Waals surface area (Å²) >= 11 is 0. The molecule has 4 nitrogen and oxygen atoms in total. The van der Waals surface area contributed by atoms with E-state index >= 15 is 0 Å². The Balaban J connectivity index is 3.41. The van der Waals surface area contributed by atoms with Crippen molar-refractivity contribution in [3.05, 3.63) is 12.2 Å². The molecule has 0 aliphatic rings. The minimum absolute atomic E-state index is 0.0563. The Hall–Kier alpha value is -0.870. The first kappa shape index (κ1) is 62.1. The van der Waals surface area contributed by atoms with Gasteiger partial charge in [0.2, 0.25) is 5.91 Å². The normalized spacial score (nSPS) is 12.8. The molecule has 0 rings (SSSR count). The van der Waals surface area contributed by atoms with E-state index in [-0.39, 0.29) is 12.5 Å². The Morgan fingerprint density at radius 3 is 0.825 bits per heavy atom. The maximum absolute atomic E-state index is 12.5. The van der Waals surface area contributed by atoms with Crippen LogP contribution in [0.1, 0.15) is 341 Å². The highest BCUT2D eigenvalue weighted by atomic mass is 16.3. The second-order valence-electron chi connectivity index (χ2n) is 20.4. The Kier molecular flexibility index (Phi) is 54.7. The smallest absolute Gasteiger partial charge is 0.220 e. The number of hydrogen-bond acceptors (Lipinski definition) is 3. The van der Waals surface area contributed by atoms with Gasteiger partial charge in [-0.3, -0.25) is 4.79 Å². The standard InChI is InChI=1S/C59H117NO3/c1-3-5-7-9-11-13-15-17-19-21-23-24-25-26-27-28-29-30-31-32-33-34-35-36-37-38-40-42-44-46-48-50-52-54-58(62)57(56-61)60-59(63)55-53-51-49-47-45-43-41-39-22-20-18-16-14-12-10-8-6-4-2/h52,54,57-58,61-62H,3-51,53,55-56H2,1-2H3,(H,60,63)/b54-52+. The Morgan fingerprint density at radius 1 is 0.365 bits per heavy atom. The molecular formula is C59H117NO3. The molecular weight excluding hydrogens is 771 g/mol. The van der Waals surface area contributed by atoms with Crippen molar-refractivity contribution in [2.24, 2.45) is 0 Å². The summed E-state index contributed by atoms with van der Waals surface area (Å²) in [6.07, 6.45) is 72.5. The van der Waals surface area contributed by atoms with Crippen LogP contribution >= 0.6 is 0 Å². The number of amides is 1. The van der Waals surface area contributed by atoms with Gasteiger partial charge in [-0.2, -0.15) is 0 Å². The average molecular weight is 889 g/mol. The quantitative estimate of drug-likeness (QED) is 0.0421. The number of carbonyl (C=O) groups excluding carboxylic acids is 1. The lowest BCUT2D eigenvalue weighted by atomic mass is 10.0. The summed E-state index contributed by atoms with van der Waals surface area (Å²) in [5, 5.41) is 23.2. The van der Waals surface area contributed by atoms with E-state index in [9.17, 15) is 15.0 Å². The molecule has 376 valence electrons. The predicted molar refractivity (Wildman–Crippen MR) is 281 cm³/mol. The van der Waals surface area contributed by atoms with E-state index < -0.39 is 12.1 Å². The molecule has 4 heteroatoms. The zero-order valence-electron chi connectivity index (χ0n) is 43.4. The van der Waals surface area contributed by atoms with E-state index in [1.54, 1.807) is 6.08 Å². The Morgan fingerprint density at radius 2 is 0.587 bits per heavy atom. The molecule has 0 aromatic rings. The second kappa shape index (κ2) is 55.5. The van der Waals surface area contributed by atoms with E-state index in [2.05, 4.69) is 19.2 Å². The van der Waals surface area contributed by atoms with Crippen molar-refractivity contribution in [1.82, 2.24) is 5.32 Å². The molecule has 63 heavy (non-hydrogen) atoms. The second-order valence-corrected chi connectivity index (χ2v) is 20.4. The Labute approximate surface area is 397 Å². The fraction of sp³-hybridized carbons (Fsp3) is 0.949. The van der Waals surface area contributed by atoms with Gasteiger partial charge in [0.25, 0.3) is 0 Å². The maximum Gasteiger partial charge on any atom is 0.220 e. The van der Waals surface area contributed by atoms with E-state index in [0.29, 0.717) is 6.42 Å². The van der Waals surface area contributed by atoms with Gasteiger partial charge < -0.3 is 15.5 Å². The van der Waals surface area contributed by atoms with Crippen LogP contribution in [0.25, 0.3) is 0 Å². The number of aliphatic hydroxyl groups excluding tert-OH is 2. The van der Waals surface area contributed by atoms with Crippen LogP contribution in [0.3, 0.4) is 0 Å². The summed E-state index contributed by atoms with van der Waals surface area (Å²) in [7, 11) is 0. The first-order valence-corrected chi connectivity index (χ1v) is 29.4. The average Bonchev–Trinajstić information content (AvgIpc) is 3.29. The van der Waals surface area contributed by atoms with Gasteiger partial charge >= 0.3 is 0 Å². The first-order chi connectivity index (χ1) is 31.2. The fourth-order valence-electron chi connectivity index (χ4n) is 9.54. The van der Waals surface area contributed by atoms with Gasteiger partial charge in [0.15, 0.2) is 0 Å². The van der Waals surface area contributed by atoms with Crippen LogP contribution in [-0.4, -0.2) is 34.9 Å². The molecule has 0 aliphatic heterocycles. The SMILES string of the molecule is CCCCCCCCCCCCCCCCCCCCCCCCCCCCCCCCC/C=C/C(O)C(CO)NC(=O)CCCCCCCCCCCCCCCCCCCC. The van der Waals surface area contributed by atoms with Gasteiger partial charge in [-0.05, 0) is 19.3 Å². The number of allylic oxidation sites excluding steroid dienone is 1. The number of carbonyl (C=O) groups is 1. The summed E-state index contributed by atoms with van der Waals surface area (Å²) < 4.78 is 0. The van der Waals surface area contributed by atoms with E-state index in [1.807, 2.05) is 6.08 Å². The minimum Gasteiger partial charge on any atom is -0.394 e. The third-order valence-corrected chi connectivity index (χ3v) is 14.0. The molecule has 0 aromatic heterocycles. The molecule has 0 saturated carbocycles. The molecule has 1 amide bonds. The molecule has 0 bridgehead atoms. The highest BCUT2D eigenvalue weighted by molar-refractivity contribution is 5.76. The van der Waals surface area contributed by atoms with Gasteiger partial charge in [-0.15, -0.1) is 0 Å². The molecule has 0 radical (unpaired) electrons. The predicted octanol–water partition coefficient (Wildman–Crippen LogP) is 19.3. The Bertz CT molecular complexity index is 875. The summed E-state index contributed by atoms with van der Waals surface area (Å²) in [6, 6.07) is -0.618. The summed E-state index contributed by atoms with van der Waals surface area (Å²) in [6.45, 7) is 4.35. The zero-order chi connectivity index (χ0) is 45.6. The van der Waals surface area contributed by atoms with Crippen molar-refractivity contribution in [2.75, 3.05) is 6.61 Å². The number of hydrogen-bond donors (Lipinski definition) is 3. The fourth-order valence-corrected chi connectivity index (χ4v) is 9.54. The van der Waals surface area contributed by atoms with Crippen LogP contribution in [0.2, 0.25) is 0 Å². The molecule has 3 N–H and O–H groups in total. The lowest BCUT2D eigenvalue weighted by Gasteiger charge is -2.20. The van der Waals surface area contributed by atoms with Crippen molar-refractivity contribution in [1.29, 1.82) is 0 Å². The van der Waals surface area contributed by atoms with Crippen LogP contribution in [0.15, 0.2) is 12.2 Å². The number of aliphatic hydroxyl groups is 2. The minimum atomic E-state index is -0.835. The highest BCUT2D eigenvalue weighted by Crippen LogP contribution is 2.18. The molecule has 2 atom stereocenters. The third kappa shape index (κ3) is 52.0. The van der Waals surface area contributed by atoms with E-state index in [0.717, 1.165) is 25.7 Å².